The number of rotatable bonds is 34. The van der Waals surface area contributed by atoms with Crippen molar-refractivity contribution in [3.63, 3.8) is 0 Å². The van der Waals surface area contributed by atoms with Crippen molar-refractivity contribution in [2.75, 3.05) is 45.0 Å². The average molecular weight is 988 g/mol. The molecule has 9 amide bonds. The summed E-state index contributed by atoms with van der Waals surface area (Å²) in [5.74, 6) is -9.40. The molecule has 1 fully saturated rings. The second-order valence-corrected chi connectivity index (χ2v) is 16.7. The molecule has 18 N–H and O–H groups in total. The Morgan fingerprint density at radius 1 is 0.588 bits per heavy atom. The minimum absolute atomic E-state index is 0.0166. The normalized spacial score (nSPS) is 16.3. The molecule has 1 heterocycles. The molecule has 1 saturated heterocycles. The number of aliphatic carboxylic acids is 2. The number of nitrogens with two attached hydrogens (primary N) is 4. The van der Waals surface area contributed by atoms with E-state index in [4.69, 9.17) is 22.9 Å². The van der Waals surface area contributed by atoms with E-state index in [-0.39, 0.29) is 51.1 Å². The number of hydrogen-bond donors (Lipinski definition) is 15. The fraction of sp³-hybridized carbons (Fsp3) is 0.732. The van der Waals surface area contributed by atoms with Crippen LogP contribution in [-0.4, -0.2) is 174 Å². The van der Waals surface area contributed by atoms with Gasteiger partial charge in [-0.15, -0.1) is 0 Å². The first-order valence-corrected chi connectivity index (χ1v) is 23.4. The fourth-order valence-corrected chi connectivity index (χ4v) is 6.95. The van der Waals surface area contributed by atoms with Crippen LogP contribution >= 0.6 is 12.6 Å². The third-order valence-electron chi connectivity index (χ3n) is 10.8. The summed E-state index contributed by atoms with van der Waals surface area (Å²) in [6.07, 6.45) is 2.53. The van der Waals surface area contributed by atoms with Gasteiger partial charge in [-0.1, -0.05) is 0 Å². The topological polar surface area (TPSA) is 432 Å². The van der Waals surface area contributed by atoms with Crippen LogP contribution in [0.25, 0.3) is 0 Å². The number of nitrogens with zero attached hydrogens (tertiary/aromatic N) is 1. The summed E-state index contributed by atoms with van der Waals surface area (Å²) in [6, 6.07) is -9.63. The summed E-state index contributed by atoms with van der Waals surface area (Å²) >= 11 is 3.95. The third-order valence-corrected chi connectivity index (χ3v) is 11.2. The molecule has 1 aliphatic heterocycles. The Balaban J connectivity index is 3.04. The van der Waals surface area contributed by atoms with Crippen LogP contribution in [0.3, 0.4) is 0 Å². The molecule has 0 aromatic heterocycles. The summed E-state index contributed by atoms with van der Waals surface area (Å²) in [5, 5.41) is 38.5. The quantitative estimate of drug-likeness (QED) is 0.0212. The van der Waals surface area contributed by atoms with Crippen LogP contribution in [-0.2, 0) is 52.7 Å². The Kier molecular flexibility index (Phi) is 29.3. The van der Waals surface area contributed by atoms with E-state index in [9.17, 15) is 63.0 Å². The zero-order valence-corrected chi connectivity index (χ0v) is 39.7. The molecule has 1 rings (SSSR count). The molecule has 0 aliphatic carbocycles. The van der Waals surface area contributed by atoms with Gasteiger partial charge in [-0.05, 0) is 111 Å². The van der Waals surface area contributed by atoms with Gasteiger partial charge in [0.25, 0.3) is 0 Å². The highest BCUT2D eigenvalue weighted by atomic mass is 32.1. The molecule has 0 spiro atoms. The zero-order chi connectivity index (χ0) is 51.3. The number of nitrogens with one attached hydrogen (secondary N) is 8. The van der Waals surface area contributed by atoms with Crippen LogP contribution < -0.4 is 65.5 Å². The summed E-state index contributed by atoms with van der Waals surface area (Å²) in [7, 11) is 0. The van der Waals surface area contributed by atoms with E-state index in [1.54, 1.807) is 0 Å². The van der Waals surface area contributed by atoms with Crippen molar-refractivity contribution in [3.8, 4) is 0 Å². The summed E-state index contributed by atoms with van der Waals surface area (Å²) < 4.78 is 0. The van der Waals surface area contributed by atoms with Crippen LogP contribution in [0.4, 0.5) is 0 Å². The maximum Gasteiger partial charge on any atom is 0.326 e. The molecule has 0 aromatic carbocycles. The van der Waals surface area contributed by atoms with Crippen molar-refractivity contribution in [2.24, 2.45) is 22.9 Å². The lowest BCUT2D eigenvalue weighted by Gasteiger charge is -2.27. The van der Waals surface area contributed by atoms with Crippen molar-refractivity contribution in [1.82, 2.24) is 47.4 Å². The molecule has 0 unspecified atom stereocenters. The van der Waals surface area contributed by atoms with Crippen molar-refractivity contribution in [3.05, 3.63) is 0 Å². The molecule has 0 radical (unpaired) electrons. The van der Waals surface area contributed by atoms with Crippen LogP contribution in [0.2, 0.25) is 0 Å². The SMILES string of the molecule is C[C@H](NC(=O)[C@H](C)NC(=O)[C@H](CCCCN)NC(=O)CNC(=O)[C@H](CCCCN)NC(=O)[C@H](CCC(=O)O)NC(=O)[C@@H]1CCCN1C(=O)CNC(=O)[C@@H](N)CS)C(=O)N[C@@H](CCCCN)C(=O)O. The number of carboxylic acid groups (broad SMARTS) is 2. The van der Waals surface area contributed by atoms with Crippen LogP contribution in [0.15, 0.2) is 0 Å². The van der Waals surface area contributed by atoms with Gasteiger partial charge in [0.2, 0.25) is 53.2 Å². The third kappa shape index (κ3) is 22.9. The Labute approximate surface area is 400 Å². The molecule has 68 heavy (non-hydrogen) atoms. The lowest BCUT2D eigenvalue weighted by Crippen LogP contribution is -2.58. The van der Waals surface area contributed by atoms with E-state index >= 15 is 0 Å². The lowest BCUT2D eigenvalue weighted by atomic mass is 10.1. The summed E-state index contributed by atoms with van der Waals surface area (Å²) in [5.41, 5.74) is 22.4. The van der Waals surface area contributed by atoms with E-state index in [0.29, 0.717) is 51.5 Å². The Bertz CT molecular complexity index is 1730. The fourth-order valence-electron chi connectivity index (χ4n) is 6.78. The first-order chi connectivity index (χ1) is 32.2. The largest absolute Gasteiger partial charge is 0.481 e. The van der Waals surface area contributed by atoms with E-state index in [1.807, 2.05) is 0 Å². The molecule has 0 saturated carbocycles. The molecule has 1 aliphatic rings. The Hall–Kier alpha value is -5.64. The second kappa shape index (κ2) is 33.0. The number of unbranched alkanes of at least 4 members (excludes halogenated alkanes) is 3. The van der Waals surface area contributed by atoms with Gasteiger partial charge in [0.1, 0.15) is 42.3 Å². The van der Waals surface area contributed by atoms with Gasteiger partial charge in [-0.25, -0.2) is 4.79 Å². The smallest absolute Gasteiger partial charge is 0.326 e. The predicted molar refractivity (Wildman–Crippen MR) is 249 cm³/mol. The summed E-state index contributed by atoms with van der Waals surface area (Å²) in [4.78, 5) is 142. The molecular formula is C41H73N13O13S. The molecule has 8 atom stereocenters. The first kappa shape index (κ1) is 60.4. The van der Waals surface area contributed by atoms with Gasteiger partial charge < -0.3 is 80.6 Å². The molecular weight excluding hydrogens is 915 g/mol. The number of carbonyl (C=O) groups is 11. The number of amides is 9. The van der Waals surface area contributed by atoms with Gasteiger partial charge in [0.05, 0.1) is 19.1 Å². The van der Waals surface area contributed by atoms with Gasteiger partial charge >= 0.3 is 11.9 Å². The van der Waals surface area contributed by atoms with E-state index in [2.05, 4.69) is 55.2 Å². The monoisotopic (exact) mass is 988 g/mol. The van der Waals surface area contributed by atoms with Crippen LogP contribution in [0, 0.1) is 0 Å². The van der Waals surface area contributed by atoms with Crippen molar-refractivity contribution < 1.29 is 63.0 Å². The average Bonchev–Trinajstić information content (AvgIpc) is 3.80. The molecule has 386 valence electrons. The van der Waals surface area contributed by atoms with Crippen molar-refractivity contribution >= 4 is 77.7 Å². The zero-order valence-electron chi connectivity index (χ0n) is 38.8. The maximum atomic E-state index is 13.7. The number of carbonyl (C=O) groups excluding carboxylic acids is 9. The number of carboxylic acids is 2. The van der Waals surface area contributed by atoms with Crippen LogP contribution in [0.1, 0.15) is 97.3 Å². The maximum absolute atomic E-state index is 13.7. The van der Waals surface area contributed by atoms with Crippen LogP contribution in [0.5, 0.6) is 0 Å². The van der Waals surface area contributed by atoms with Gasteiger partial charge in [-0.2, -0.15) is 12.6 Å². The lowest BCUT2D eigenvalue weighted by molar-refractivity contribution is -0.142. The Morgan fingerprint density at radius 3 is 1.59 bits per heavy atom. The second-order valence-electron chi connectivity index (χ2n) is 16.4. The molecule has 0 bridgehead atoms. The number of thiol groups is 1. The minimum Gasteiger partial charge on any atom is -0.481 e. The number of likely N-dealkylation sites (tertiary alicyclic amines) is 1. The highest BCUT2D eigenvalue weighted by Gasteiger charge is 2.37. The van der Waals surface area contributed by atoms with E-state index in [1.165, 1.54) is 18.7 Å². The van der Waals surface area contributed by atoms with Gasteiger partial charge in [-0.3, -0.25) is 47.9 Å². The molecule has 27 heteroatoms. The number of hydrogen-bond acceptors (Lipinski definition) is 16. The van der Waals surface area contributed by atoms with Gasteiger partial charge in [0.15, 0.2) is 0 Å². The molecule has 0 aromatic rings. The van der Waals surface area contributed by atoms with Crippen molar-refractivity contribution in [1.29, 1.82) is 0 Å². The Morgan fingerprint density at radius 2 is 1.06 bits per heavy atom. The summed E-state index contributed by atoms with van der Waals surface area (Å²) in [6.45, 7) is 2.57. The highest BCUT2D eigenvalue weighted by molar-refractivity contribution is 7.80. The van der Waals surface area contributed by atoms with E-state index < -0.39 is 139 Å². The highest BCUT2D eigenvalue weighted by Crippen LogP contribution is 2.18. The standard InChI is InChI=1S/C41H73N13O13S/c1-23(34(59)48-24(2)35(60)53-29(41(66)67)12-5-8-18-44)49-38(63)27(11-4-7-17-43)50-31(55)20-46-37(62)26(10-3-6-16-42)51-39(64)28(14-15-33(57)58)52-40(65)30-13-9-19-54(30)32(56)21-47-36(61)25(45)22-68/h23-30,68H,3-22,42-45H2,1-2H3,(H,46,62)(H,47,61)(H,48,59)(H,49,63)(H,50,55)(H,51,64)(H,52,65)(H,53,60)(H,57,58)(H,66,67)/t23-,24-,25-,26-,27-,28-,29-,30-/m0/s1. The van der Waals surface area contributed by atoms with Crippen molar-refractivity contribution in [2.45, 2.75) is 146 Å². The van der Waals surface area contributed by atoms with E-state index in [0.717, 1.165) is 0 Å². The predicted octanol–water partition coefficient (Wildman–Crippen LogP) is -5.25. The minimum atomic E-state index is -1.48. The van der Waals surface area contributed by atoms with Gasteiger partial charge in [0, 0.05) is 18.7 Å². The molecule has 26 nitrogen and oxygen atoms in total. The first-order valence-electron chi connectivity index (χ1n) is 22.8.